The Hall–Kier alpha value is -2.96. The quantitative estimate of drug-likeness (QED) is 0.604. The van der Waals surface area contributed by atoms with E-state index in [1.807, 2.05) is 18.7 Å². The van der Waals surface area contributed by atoms with Crippen LogP contribution in [0.3, 0.4) is 0 Å². The molecule has 2 aromatic heterocycles. The third-order valence-corrected chi connectivity index (χ3v) is 6.12. The van der Waals surface area contributed by atoms with Gasteiger partial charge in [0.15, 0.2) is 5.65 Å². The van der Waals surface area contributed by atoms with E-state index in [2.05, 4.69) is 5.10 Å². The number of pyridine rings is 1. The Morgan fingerprint density at radius 2 is 1.90 bits per heavy atom. The van der Waals surface area contributed by atoms with Crippen LogP contribution in [0.1, 0.15) is 48.9 Å². The van der Waals surface area contributed by atoms with E-state index in [-0.39, 0.29) is 11.7 Å². The van der Waals surface area contributed by atoms with Crippen molar-refractivity contribution in [3.8, 4) is 11.6 Å². The van der Waals surface area contributed by atoms with E-state index < -0.39 is 0 Å². The SMILES string of the molecule is COc1nc2c(c(C)nn2-c2cccc(F)c2)c(C)c1CCC(=O)N1CCCCCC1. The maximum absolute atomic E-state index is 13.8. The first-order valence-corrected chi connectivity index (χ1v) is 11.0. The summed E-state index contributed by atoms with van der Waals surface area (Å²) in [6.45, 7) is 5.64. The molecule has 0 bridgehead atoms. The average molecular weight is 425 g/mol. The summed E-state index contributed by atoms with van der Waals surface area (Å²) >= 11 is 0. The minimum absolute atomic E-state index is 0.190. The van der Waals surface area contributed by atoms with Gasteiger partial charge in [0.05, 0.1) is 18.5 Å². The minimum Gasteiger partial charge on any atom is -0.481 e. The van der Waals surface area contributed by atoms with Crippen LogP contribution in [0.5, 0.6) is 5.88 Å². The molecule has 0 radical (unpaired) electrons. The van der Waals surface area contributed by atoms with Gasteiger partial charge in [-0.3, -0.25) is 4.79 Å². The van der Waals surface area contributed by atoms with Crippen molar-refractivity contribution in [1.82, 2.24) is 19.7 Å². The van der Waals surface area contributed by atoms with Crippen molar-refractivity contribution >= 4 is 16.9 Å². The van der Waals surface area contributed by atoms with Crippen molar-refractivity contribution in [1.29, 1.82) is 0 Å². The first-order chi connectivity index (χ1) is 15.0. The number of hydrogen-bond donors (Lipinski definition) is 0. The van der Waals surface area contributed by atoms with Gasteiger partial charge in [0.1, 0.15) is 5.82 Å². The molecule has 0 N–H and O–H groups in total. The number of halogens is 1. The highest BCUT2D eigenvalue weighted by atomic mass is 19.1. The molecule has 0 saturated carbocycles. The van der Waals surface area contributed by atoms with Crippen molar-refractivity contribution in [2.75, 3.05) is 20.2 Å². The third kappa shape index (κ3) is 4.27. The summed E-state index contributed by atoms with van der Waals surface area (Å²) in [5, 5.41) is 5.53. The second-order valence-corrected chi connectivity index (χ2v) is 8.20. The molecule has 0 aliphatic carbocycles. The normalized spacial score (nSPS) is 14.6. The maximum atomic E-state index is 13.8. The van der Waals surface area contributed by atoms with Crippen LogP contribution in [0.25, 0.3) is 16.7 Å². The molecule has 1 aromatic carbocycles. The molecule has 0 atom stereocenters. The maximum Gasteiger partial charge on any atom is 0.222 e. The Bertz CT molecular complexity index is 1100. The van der Waals surface area contributed by atoms with E-state index in [1.54, 1.807) is 23.9 Å². The molecule has 4 rings (SSSR count). The van der Waals surface area contributed by atoms with Crippen molar-refractivity contribution < 1.29 is 13.9 Å². The molecule has 31 heavy (non-hydrogen) atoms. The number of aryl methyl sites for hydroxylation is 2. The summed E-state index contributed by atoms with van der Waals surface area (Å²) in [6.07, 6.45) is 5.57. The number of aromatic nitrogens is 3. The number of hydrogen-bond acceptors (Lipinski definition) is 4. The molecule has 164 valence electrons. The zero-order chi connectivity index (χ0) is 22.0. The summed E-state index contributed by atoms with van der Waals surface area (Å²) in [7, 11) is 1.59. The monoisotopic (exact) mass is 424 g/mol. The van der Waals surface area contributed by atoms with Gasteiger partial charge in [0.25, 0.3) is 0 Å². The molecular formula is C24H29FN4O2. The number of benzene rings is 1. The molecule has 1 amide bonds. The second-order valence-electron chi connectivity index (χ2n) is 8.20. The van der Waals surface area contributed by atoms with Gasteiger partial charge < -0.3 is 9.64 Å². The number of ether oxygens (including phenoxy) is 1. The number of amides is 1. The van der Waals surface area contributed by atoms with Crippen LogP contribution in [0.2, 0.25) is 0 Å². The molecule has 1 aliphatic heterocycles. The minimum atomic E-state index is -0.328. The number of likely N-dealkylation sites (tertiary alicyclic amines) is 1. The second kappa shape index (κ2) is 9.04. The summed E-state index contributed by atoms with van der Waals surface area (Å²) in [4.78, 5) is 19.5. The molecule has 1 fully saturated rings. The highest BCUT2D eigenvalue weighted by Crippen LogP contribution is 2.32. The standard InChI is InChI=1S/C24H29FN4O2/c1-16-20(11-12-21(30)28-13-6-4-5-7-14-28)24(31-3)26-23-22(16)17(2)27-29(23)19-10-8-9-18(25)15-19/h8-10,15H,4-7,11-14H2,1-3H3. The molecule has 3 heterocycles. The number of fused-ring (bicyclic) bond motifs is 1. The van der Waals surface area contributed by atoms with Gasteiger partial charge in [-0.1, -0.05) is 18.9 Å². The van der Waals surface area contributed by atoms with Crippen molar-refractivity contribution in [2.24, 2.45) is 0 Å². The first kappa shape index (κ1) is 21.3. The molecular weight excluding hydrogens is 395 g/mol. The largest absolute Gasteiger partial charge is 0.481 e. The van der Waals surface area contributed by atoms with E-state index in [0.717, 1.165) is 48.1 Å². The average Bonchev–Trinajstić information content (AvgIpc) is 2.93. The lowest BCUT2D eigenvalue weighted by Gasteiger charge is -2.21. The highest BCUT2D eigenvalue weighted by molar-refractivity contribution is 5.86. The highest BCUT2D eigenvalue weighted by Gasteiger charge is 2.22. The van der Waals surface area contributed by atoms with Crippen LogP contribution in [0.15, 0.2) is 24.3 Å². The Morgan fingerprint density at radius 3 is 2.58 bits per heavy atom. The van der Waals surface area contributed by atoms with Gasteiger partial charge in [-0.05, 0) is 56.9 Å². The van der Waals surface area contributed by atoms with Crippen LogP contribution in [0, 0.1) is 19.7 Å². The van der Waals surface area contributed by atoms with Crippen LogP contribution < -0.4 is 4.74 Å². The topological polar surface area (TPSA) is 60.3 Å². The van der Waals surface area contributed by atoms with Crippen molar-refractivity contribution in [3.05, 3.63) is 46.9 Å². The lowest BCUT2D eigenvalue weighted by Crippen LogP contribution is -2.32. The Labute approximate surface area is 182 Å². The van der Waals surface area contributed by atoms with Crippen LogP contribution >= 0.6 is 0 Å². The van der Waals surface area contributed by atoms with E-state index in [1.165, 1.54) is 25.0 Å². The van der Waals surface area contributed by atoms with E-state index in [9.17, 15) is 9.18 Å². The summed E-state index contributed by atoms with van der Waals surface area (Å²) in [6, 6.07) is 6.29. The number of methoxy groups -OCH3 is 1. The number of carbonyl (C=O) groups is 1. The number of rotatable bonds is 5. The van der Waals surface area contributed by atoms with Crippen molar-refractivity contribution in [2.45, 2.75) is 52.4 Å². The van der Waals surface area contributed by atoms with Crippen LogP contribution in [-0.2, 0) is 11.2 Å². The summed E-state index contributed by atoms with van der Waals surface area (Å²) in [5.74, 6) is 0.355. The number of nitrogens with zero attached hydrogens (tertiary/aromatic N) is 4. The molecule has 7 heteroatoms. The smallest absolute Gasteiger partial charge is 0.222 e. The van der Waals surface area contributed by atoms with E-state index in [4.69, 9.17) is 9.72 Å². The molecule has 0 unspecified atom stereocenters. The fraction of sp³-hybridized carbons (Fsp3) is 0.458. The summed E-state index contributed by atoms with van der Waals surface area (Å²) < 4.78 is 21.0. The Morgan fingerprint density at radius 1 is 1.16 bits per heavy atom. The predicted octanol–water partition coefficient (Wildman–Crippen LogP) is 4.52. The molecule has 1 saturated heterocycles. The van der Waals surface area contributed by atoms with Gasteiger partial charge in [-0.2, -0.15) is 10.1 Å². The predicted molar refractivity (Wildman–Crippen MR) is 118 cm³/mol. The van der Waals surface area contributed by atoms with Gasteiger partial charge >= 0.3 is 0 Å². The zero-order valence-corrected chi connectivity index (χ0v) is 18.4. The molecule has 1 aliphatic rings. The fourth-order valence-corrected chi connectivity index (χ4v) is 4.49. The van der Waals surface area contributed by atoms with Gasteiger partial charge in [0, 0.05) is 30.5 Å². The summed E-state index contributed by atoms with van der Waals surface area (Å²) in [5.41, 5.74) is 3.98. The Kier molecular flexibility index (Phi) is 6.20. The molecule has 0 spiro atoms. The van der Waals surface area contributed by atoms with Gasteiger partial charge in [-0.15, -0.1) is 0 Å². The van der Waals surface area contributed by atoms with Gasteiger partial charge in [0.2, 0.25) is 11.8 Å². The van der Waals surface area contributed by atoms with Crippen LogP contribution in [-0.4, -0.2) is 45.8 Å². The van der Waals surface area contributed by atoms with E-state index in [0.29, 0.717) is 30.1 Å². The van der Waals surface area contributed by atoms with E-state index >= 15 is 0 Å². The molecule has 3 aromatic rings. The lowest BCUT2D eigenvalue weighted by atomic mass is 10.0. The van der Waals surface area contributed by atoms with Crippen molar-refractivity contribution in [3.63, 3.8) is 0 Å². The lowest BCUT2D eigenvalue weighted by molar-refractivity contribution is -0.131. The zero-order valence-electron chi connectivity index (χ0n) is 18.4. The Balaban J connectivity index is 1.67. The third-order valence-electron chi connectivity index (χ3n) is 6.12. The number of carbonyl (C=O) groups excluding carboxylic acids is 1. The van der Waals surface area contributed by atoms with Gasteiger partial charge in [-0.25, -0.2) is 9.07 Å². The molecule has 6 nitrogen and oxygen atoms in total. The van der Waals surface area contributed by atoms with Crippen LogP contribution in [0.4, 0.5) is 4.39 Å². The first-order valence-electron chi connectivity index (χ1n) is 11.0. The fourth-order valence-electron chi connectivity index (χ4n) is 4.49.